The number of anilines is 2. The van der Waals surface area contributed by atoms with Crippen LogP contribution in [-0.2, 0) is 9.59 Å². The molecule has 1 aromatic heterocycles. The summed E-state index contributed by atoms with van der Waals surface area (Å²) in [6.07, 6.45) is 0.847. The molecule has 23 heavy (non-hydrogen) atoms. The molecule has 0 spiro atoms. The zero-order valence-corrected chi connectivity index (χ0v) is 12.9. The molecule has 118 valence electrons. The average Bonchev–Trinajstić information content (AvgIpc) is 2.53. The maximum absolute atomic E-state index is 12.4. The Labute approximate surface area is 134 Å². The first-order chi connectivity index (χ1) is 11.0. The second kappa shape index (κ2) is 6.08. The van der Waals surface area contributed by atoms with Crippen LogP contribution >= 0.6 is 0 Å². The lowest BCUT2D eigenvalue weighted by molar-refractivity contribution is -0.123. The van der Waals surface area contributed by atoms with E-state index in [4.69, 9.17) is 4.74 Å². The number of ether oxygens (including phenoxy) is 1. The van der Waals surface area contributed by atoms with Gasteiger partial charge < -0.3 is 15.0 Å². The van der Waals surface area contributed by atoms with Crippen molar-refractivity contribution in [3.63, 3.8) is 0 Å². The fourth-order valence-corrected chi connectivity index (χ4v) is 2.48. The highest BCUT2D eigenvalue weighted by Crippen LogP contribution is 2.33. The molecule has 1 aromatic carbocycles. The van der Waals surface area contributed by atoms with Crippen molar-refractivity contribution in [2.75, 3.05) is 16.8 Å². The molecule has 3 rings (SSSR count). The average molecular weight is 311 g/mol. The molecule has 0 unspecified atom stereocenters. The Morgan fingerprint density at radius 1 is 1.30 bits per heavy atom. The van der Waals surface area contributed by atoms with Crippen LogP contribution in [0.5, 0.6) is 5.75 Å². The monoisotopic (exact) mass is 311 g/mol. The molecule has 0 radical (unpaired) electrons. The number of nitrogens with one attached hydrogen (secondary N) is 1. The van der Waals surface area contributed by atoms with Crippen molar-refractivity contribution >= 4 is 23.3 Å². The molecule has 6 heteroatoms. The van der Waals surface area contributed by atoms with Gasteiger partial charge in [0.05, 0.1) is 12.2 Å². The molecular weight excluding hydrogens is 294 g/mol. The van der Waals surface area contributed by atoms with Crippen LogP contribution in [0.1, 0.15) is 12.5 Å². The predicted octanol–water partition coefficient (Wildman–Crippen LogP) is 2.14. The van der Waals surface area contributed by atoms with Gasteiger partial charge in [-0.05, 0) is 36.8 Å². The number of fused-ring (bicyclic) bond motifs is 1. The van der Waals surface area contributed by atoms with Crippen LogP contribution in [0.15, 0.2) is 42.6 Å². The number of para-hydroxylation sites is 2. The van der Waals surface area contributed by atoms with E-state index in [0.29, 0.717) is 17.3 Å². The molecule has 0 saturated heterocycles. The van der Waals surface area contributed by atoms with Crippen molar-refractivity contribution in [2.24, 2.45) is 0 Å². The summed E-state index contributed by atoms with van der Waals surface area (Å²) in [5, 5.41) is 2.73. The van der Waals surface area contributed by atoms with Crippen molar-refractivity contribution in [1.82, 2.24) is 4.98 Å². The van der Waals surface area contributed by atoms with Crippen molar-refractivity contribution in [3.8, 4) is 5.75 Å². The van der Waals surface area contributed by atoms with Crippen LogP contribution in [0.25, 0.3) is 0 Å². The number of carbonyl (C=O) groups is 2. The van der Waals surface area contributed by atoms with E-state index < -0.39 is 6.10 Å². The number of amides is 2. The van der Waals surface area contributed by atoms with Gasteiger partial charge in [0.2, 0.25) is 5.91 Å². The van der Waals surface area contributed by atoms with Gasteiger partial charge in [0.15, 0.2) is 6.10 Å². The molecule has 2 heterocycles. The Balaban J connectivity index is 1.81. The lowest BCUT2D eigenvalue weighted by atomic mass is 10.1. The van der Waals surface area contributed by atoms with Crippen LogP contribution in [0.2, 0.25) is 0 Å². The number of hydrogen-bond acceptors (Lipinski definition) is 4. The minimum Gasteiger partial charge on any atom is -0.476 e. The van der Waals surface area contributed by atoms with Crippen LogP contribution in [0.3, 0.4) is 0 Å². The highest BCUT2D eigenvalue weighted by atomic mass is 16.5. The van der Waals surface area contributed by atoms with Gasteiger partial charge in [-0.1, -0.05) is 12.1 Å². The molecule has 1 aliphatic heterocycles. The van der Waals surface area contributed by atoms with Crippen LogP contribution in [0, 0.1) is 6.92 Å². The Morgan fingerprint density at radius 3 is 2.83 bits per heavy atom. The summed E-state index contributed by atoms with van der Waals surface area (Å²) in [4.78, 5) is 30.0. The topological polar surface area (TPSA) is 71.5 Å². The summed E-state index contributed by atoms with van der Waals surface area (Å²) in [6, 6.07) is 10.8. The Kier molecular flexibility index (Phi) is 3.97. The number of aromatic nitrogens is 1. The second-order valence-electron chi connectivity index (χ2n) is 5.41. The van der Waals surface area contributed by atoms with Crippen LogP contribution < -0.4 is 15.0 Å². The Morgan fingerprint density at radius 2 is 2.09 bits per heavy atom. The number of benzene rings is 1. The normalized spacial score (nSPS) is 16.3. The highest BCUT2D eigenvalue weighted by molar-refractivity contribution is 5.99. The molecule has 0 fully saturated rings. The summed E-state index contributed by atoms with van der Waals surface area (Å²) >= 11 is 0. The molecule has 0 bridgehead atoms. The zero-order valence-electron chi connectivity index (χ0n) is 12.9. The van der Waals surface area contributed by atoms with Crippen molar-refractivity contribution in [1.29, 1.82) is 0 Å². The summed E-state index contributed by atoms with van der Waals surface area (Å²) in [7, 11) is 0. The number of pyridine rings is 1. The number of hydrogen-bond donors (Lipinski definition) is 1. The first-order valence-electron chi connectivity index (χ1n) is 7.32. The van der Waals surface area contributed by atoms with Crippen molar-refractivity contribution in [3.05, 3.63) is 48.2 Å². The van der Waals surface area contributed by atoms with Gasteiger partial charge >= 0.3 is 0 Å². The van der Waals surface area contributed by atoms with E-state index in [9.17, 15) is 9.59 Å². The summed E-state index contributed by atoms with van der Waals surface area (Å²) in [5.41, 5.74) is 1.67. The molecule has 6 nitrogen and oxygen atoms in total. The molecule has 2 amide bonds. The Hall–Kier alpha value is -2.89. The third kappa shape index (κ3) is 3.15. The third-order valence-electron chi connectivity index (χ3n) is 3.61. The summed E-state index contributed by atoms with van der Waals surface area (Å²) in [5.74, 6) is 0.522. The van der Waals surface area contributed by atoms with E-state index in [1.165, 1.54) is 6.92 Å². The number of carbonyl (C=O) groups excluding carboxylic acids is 2. The van der Waals surface area contributed by atoms with Crippen LogP contribution in [0.4, 0.5) is 11.5 Å². The van der Waals surface area contributed by atoms with E-state index in [-0.39, 0.29) is 18.4 Å². The smallest absolute Gasteiger partial charge is 0.268 e. The fourth-order valence-electron chi connectivity index (χ4n) is 2.48. The molecule has 0 saturated carbocycles. The predicted molar refractivity (Wildman–Crippen MR) is 86.5 cm³/mol. The van der Waals surface area contributed by atoms with E-state index in [1.807, 2.05) is 19.1 Å². The minimum atomic E-state index is -0.781. The molecule has 1 N–H and O–H groups in total. The van der Waals surface area contributed by atoms with E-state index in [2.05, 4.69) is 10.3 Å². The zero-order chi connectivity index (χ0) is 16.4. The van der Waals surface area contributed by atoms with Crippen molar-refractivity contribution in [2.45, 2.75) is 20.0 Å². The number of rotatable bonds is 2. The highest BCUT2D eigenvalue weighted by Gasteiger charge is 2.32. The summed E-state index contributed by atoms with van der Waals surface area (Å²) < 4.78 is 5.74. The van der Waals surface area contributed by atoms with Crippen LogP contribution in [-0.4, -0.2) is 29.4 Å². The lowest BCUT2D eigenvalue weighted by Gasteiger charge is -2.33. The van der Waals surface area contributed by atoms with Gasteiger partial charge in [-0.15, -0.1) is 0 Å². The van der Waals surface area contributed by atoms with E-state index in [0.717, 1.165) is 5.56 Å². The fraction of sp³-hybridized carbons (Fsp3) is 0.235. The standard InChI is InChI=1S/C17H17N3O3/c1-11-7-8-18-16(9-11)19-17(22)15-10-20(12(2)21)13-5-3-4-6-14(13)23-15/h3-9,15H,10H2,1-2H3,(H,18,19,22)/t15-/m0/s1. The van der Waals surface area contributed by atoms with Gasteiger partial charge in [0.1, 0.15) is 11.6 Å². The van der Waals surface area contributed by atoms with Crippen molar-refractivity contribution < 1.29 is 14.3 Å². The molecular formula is C17H17N3O3. The number of nitrogens with zero attached hydrogens (tertiary/aromatic N) is 2. The SMILES string of the molecule is CC(=O)N1C[C@@H](C(=O)Nc2cc(C)ccn2)Oc2ccccc21. The molecule has 1 atom stereocenters. The maximum Gasteiger partial charge on any atom is 0.268 e. The van der Waals surface area contributed by atoms with Gasteiger partial charge in [-0.2, -0.15) is 0 Å². The first kappa shape index (κ1) is 15.0. The van der Waals surface area contributed by atoms with Gasteiger partial charge in [-0.3, -0.25) is 9.59 Å². The molecule has 1 aliphatic rings. The maximum atomic E-state index is 12.4. The largest absolute Gasteiger partial charge is 0.476 e. The second-order valence-corrected chi connectivity index (χ2v) is 5.41. The summed E-state index contributed by atoms with van der Waals surface area (Å²) in [6.45, 7) is 3.56. The molecule has 0 aliphatic carbocycles. The lowest BCUT2D eigenvalue weighted by Crippen LogP contribution is -2.48. The van der Waals surface area contributed by atoms with Gasteiger partial charge in [0, 0.05) is 13.1 Å². The minimum absolute atomic E-state index is 0.132. The van der Waals surface area contributed by atoms with E-state index in [1.54, 1.807) is 35.4 Å². The quantitative estimate of drug-likeness (QED) is 0.922. The van der Waals surface area contributed by atoms with Gasteiger partial charge in [0.25, 0.3) is 5.91 Å². The Bertz CT molecular complexity index is 760. The number of aryl methyl sites for hydroxylation is 1. The first-order valence-corrected chi connectivity index (χ1v) is 7.32. The van der Waals surface area contributed by atoms with E-state index >= 15 is 0 Å². The van der Waals surface area contributed by atoms with Gasteiger partial charge in [-0.25, -0.2) is 4.98 Å². The molecule has 2 aromatic rings. The third-order valence-corrected chi connectivity index (χ3v) is 3.61.